The molecule has 0 aliphatic carbocycles. The van der Waals surface area contributed by atoms with Crippen LogP contribution < -0.4 is 32.4 Å². The number of hydrogen-bond acceptors (Lipinski definition) is 8. The summed E-state index contributed by atoms with van der Waals surface area (Å²) in [6.45, 7) is -0.702. The van der Waals surface area contributed by atoms with Gasteiger partial charge in [-0.2, -0.15) is 0 Å². The molecule has 0 unspecified atom stereocenters. The quantitative estimate of drug-likeness (QED) is 0.324. The summed E-state index contributed by atoms with van der Waals surface area (Å²) in [7, 11) is 1.54. The lowest BCUT2D eigenvalue weighted by atomic mass is 10.2. The van der Waals surface area contributed by atoms with E-state index in [4.69, 9.17) is 15.2 Å². The predicted molar refractivity (Wildman–Crippen MR) is 118 cm³/mol. The molecule has 170 valence electrons. The zero-order chi connectivity index (χ0) is 24.0. The summed E-state index contributed by atoms with van der Waals surface area (Å²) in [4.78, 5) is 62.9. The third-order valence-electron chi connectivity index (χ3n) is 4.30. The van der Waals surface area contributed by atoms with E-state index >= 15 is 0 Å². The largest absolute Gasteiger partial charge is 0.497 e. The molecule has 0 radical (unpaired) electrons. The highest BCUT2D eigenvalue weighted by Crippen LogP contribution is 2.17. The Bertz CT molecular complexity index is 1290. The Kier molecular flexibility index (Phi) is 6.88. The number of H-pyrrole nitrogens is 2. The lowest BCUT2D eigenvalue weighted by molar-refractivity contribution is -0.119. The highest BCUT2D eigenvalue weighted by atomic mass is 16.5. The third kappa shape index (κ3) is 5.85. The standard InChI is InChI=1S/C21H19N5O7/c1-32-14-8-6-13(7-9-14)24-18(28)11-2-4-12(5-3-11)23-15(27)10-33-20(30)17-16(22)19(29)26-21(31)25-17/h2-9H,10,22H2,1H3,(H,23,27)(H,24,28)(H2,25,26,29,31). The van der Waals surface area contributed by atoms with Crippen LogP contribution in [0.4, 0.5) is 17.1 Å². The van der Waals surface area contributed by atoms with E-state index in [-0.39, 0.29) is 5.91 Å². The third-order valence-corrected chi connectivity index (χ3v) is 4.30. The van der Waals surface area contributed by atoms with Crippen molar-refractivity contribution in [3.05, 3.63) is 80.6 Å². The number of aromatic amines is 2. The first-order valence-corrected chi connectivity index (χ1v) is 9.41. The molecule has 0 saturated carbocycles. The Morgan fingerprint density at radius 3 is 2.15 bits per heavy atom. The first-order chi connectivity index (χ1) is 15.8. The molecule has 12 heteroatoms. The number of nitrogen functional groups attached to an aromatic ring is 1. The Morgan fingerprint density at radius 2 is 1.52 bits per heavy atom. The molecule has 3 rings (SSSR count). The van der Waals surface area contributed by atoms with Crippen molar-refractivity contribution in [3.8, 4) is 5.75 Å². The number of amides is 2. The van der Waals surface area contributed by atoms with Gasteiger partial charge in [0.25, 0.3) is 17.4 Å². The van der Waals surface area contributed by atoms with Crippen LogP contribution >= 0.6 is 0 Å². The Balaban J connectivity index is 1.54. The minimum atomic E-state index is -1.14. The molecule has 0 aliphatic rings. The van der Waals surface area contributed by atoms with Gasteiger partial charge in [-0.25, -0.2) is 9.59 Å². The fraction of sp³-hybridized carbons (Fsp3) is 0.0952. The van der Waals surface area contributed by atoms with Gasteiger partial charge in [0.15, 0.2) is 12.3 Å². The van der Waals surface area contributed by atoms with Crippen LogP contribution in [0, 0.1) is 0 Å². The Labute approximate surface area is 185 Å². The number of nitrogens with one attached hydrogen (secondary N) is 4. The van der Waals surface area contributed by atoms with Gasteiger partial charge in [-0.15, -0.1) is 0 Å². The monoisotopic (exact) mass is 453 g/mol. The van der Waals surface area contributed by atoms with E-state index in [9.17, 15) is 24.0 Å². The van der Waals surface area contributed by atoms with E-state index in [0.717, 1.165) is 0 Å². The molecular formula is C21H19N5O7. The topological polar surface area (TPSA) is 185 Å². The summed E-state index contributed by atoms with van der Waals surface area (Å²) >= 11 is 0. The van der Waals surface area contributed by atoms with Crippen LogP contribution in [0.1, 0.15) is 20.8 Å². The maximum atomic E-state index is 12.3. The van der Waals surface area contributed by atoms with Crippen LogP contribution in [0.5, 0.6) is 5.75 Å². The second-order valence-electron chi connectivity index (χ2n) is 6.58. The average Bonchev–Trinajstić information content (AvgIpc) is 2.80. The van der Waals surface area contributed by atoms with E-state index in [1.54, 1.807) is 31.4 Å². The number of anilines is 3. The van der Waals surface area contributed by atoms with Gasteiger partial charge < -0.3 is 25.8 Å². The van der Waals surface area contributed by atoms with Gasteiger partial charge in [0, 0.05) is 16.9 Å². The normalized spacial score (nSPS) is 10.2. The van der Waals surface area contributed by atoms with Crippen LogP contribution in [0.15, 0.2) is 58.1 Å². The highest BCUT2D eigenvalue weighted by Gasteiger charge is 2.17. The van der Waals surface area contributed by atoms with Crippen molar-refractivity contribution in [3.63, 3.8) is 0 Å². The molecule has 1 heterocycles. The molecule has 0 aliphatic heterocycles. The number of rotatable bonds is 7. The van der Waals surface area contributed by atoms with Crippen molar-refractivity contribution in [2.45, 2.75) is 0 Å². The SMILES string of the molecule is COc1ccc(NC(=O)c2ccc(NC(=O)COC(=O)c3[nH]c(=O)[nH]c(=O)c3N)cc2)cc1. The fourth-order valence-corrected chi connectivity index (χ4v) is 2.64. The molecule has 12 nitrogen and oxygen atoms in total. The van der Waals surface area contributed by atoms with Crippen LogP contribution in [0.2, 0.25) is 0 Å². The maximum absolute atomic E-state index is 12.3. The molecule has 2 amide bonds. The van der Waals surface area contributed by atoms with Crippen molar-refractivity contribution in [1.29, 1.82) is 0 Å². The number of benzene rings is 2. The van der Waals surface area contributed by atoms with E-state index in [1.807, 2.05) is 9.97 Å². The summed E-state index contributed by atoms with van der Waals surface area (Å²) in [6, 6.07) is 12.8. The molecule has 33 heavy (non-hydrogen) atoms. The summed E-state index contributed by atoms with van der Waals surface area (Å²) in [5.41, 5.74) is 3.73. The van der Waals surface area contributed by atoms with Gasteiger partial charge in [-0.1, -0.05) is 0 Å². The fourth-order valence-electron chi connectivity index (χ4n) is 2.64. The minimum Gasteiger partial charge on any atom is -0.497 e. The summed E-state index contributed by atoms with van der Waals surface area (Å²) in [5.74, 6) is -1.52. The van der Waals surface area contributed by atoms with E-state index < -0.39 is 41.1 Å². The summed E-state index contributed by atoms with van der Waals surface area (Å²) in [5, 5.41) is 5.21. The molecule has 0 saturated heterocycles. The van der Waals surface area contributed by atoms with Crippen LogP contribution in [-0.2, 0) is 9.53 Å². The predicted octanol–water partition coefficient (Wildman–Crippen LogP) is 0.702. The van der Waals surface area contributed by atoms with Crippen LogP contribution in [0.3, 0.4) is 0 Å². The van der Waals surface area contributed by atoms with E-state index in [0.29, 0.717) is 22.7 Å². The van der Waals surface area contributed by atoms with Gasteiger partial charge in [-0.3, -0.25) is 24.4 Å². The number of aromatic nitrogens is 2. The number of nitrogens with two attached hydrogens (primary N) is 1. The van der Waals surface area contributed by atoms with Crippen molar-refractivity contribution in [2.75, 3.05) is 30.1 Å². The van der Waals surface area contributed by atoms with Crippen molar-refractivity contribution >= 4 is 34.8 Å². The second kappa shape index (κ2) is 9.96. The van der Waals surface area contributed by atoms with E-state index in [1.165, 1.54) is 24.3 Å². The molecule has 0 fully saturated rings. The Hall–Kier alpha value is -4.87. The second-order valence-corrected chi connectivity index (χ2v) is 6.58. The summed E-state index contributed by atoms with van der Waals surface area (Å²) < 4.78 is 9.83. The lowest BCUT2D eigenvalue weighted by Gasteiger charge is -2.09. The molecule has 6 N–H and O–H groups in total. The minimum absolute atomic E-state index is 0.348. The molecule has 0 bridgehead atoms. The average molecular weight is 453 g/mol. The molecule has 3 aromatic rings. The summed E-state index contributed by atoms with van der Waals surface area (Å²) in [6.07, 6.45) is 0. The molecule has 2 aromatic carbocycles. The van der Waals surface area contributed by atoms with Gasteiger partial charge in [0.1, 0.15) is 11.4 Å². The first kappa shape index (κ1) is 22.8. The molecular weight excluding hydrogens is 434 g/mol. The van der Waals surface area contributed by atoms with Crippen LogP contribution in [-0.4, -0.2) is 41.5 Å². The molecule has 0 atom stereocenters. The number of carbonyl (C=O) groups excluding carboxylic acids is 3. The van der Waals surface area contributed by atoms with Crippen molar-refractivity contribution < 1.29 is 23.9 Å². The van der Waals surface area contributed by atoms with Crippen molar-refractivity contribution in [2.24, 2.45) is 0 Å². The van der Waals surface area contributed by atoms with Gasteiger partial charge in [-0.05, 0) is 48.5 Å². The van der Waals surface area contributed by atoms with Gasteiger partial charge >= 0.3 is 11.7 Å². The van der Waals surface area contributed by atoms with Crippen LogP contribution in [0.25, 0.3) is 0 Å². The number of ether oxygens (including phenoxy) is 2. The Morgan fingerprint density at radius 1 is 0.909 bits per heavy atom. The highest BCUT2D eigenvalue weighted by molar-refractivity contribution is 6.04. The smallest absolute Gasteiger partial charge is 0.357 e. The molecule has 0 spiro atoms. The van der Waals surface area contributed by atoms with Crippen molar-refractivity contribution in [1.82, 2.24) is 9.97 Å². The lowest BCUT2D eigenvalue weighted by Crippen LogP contribution is -2.30. The number of hydrogen-bond donors (Lipinski definition) is 5. The van der Waals surface area contributed by atoms with Gasteiger partial charge in [0.2, 0.25) is 0 Å². The zero-order valence-electron chi connectivity index (χ0n) is 17.3. The first-order valence-electron chi connectivity index (χ1n) is 9.41. The van der Waals surface area contributed by atoms with E-state index in [2.05, 4.69) is 10.6 Å². The molecule has 1 aromatic heterocycles. The number of esters is 1. The maximum Gasteiger partial charge on any atom is 0.357 e. The number of carbonyl (C=O) groups is 3. The number of methoxy groups -OCH3 is 1. The zero-order valence-corrected chi connectivity index (χ0v) is 17.3. The van der Waals surface area contributed by atoms with Gasteiger partial charge in [0.05, 0.1) is 7.11 Å².